The smallest absolute Gasteiger partial charge is 0.174 e. The first-order valence-corrected chi connectivity index (χ1v) is 10.7. The molecule has 2 aromatic carbocycles. The first-order chi connectivity index (χ1) is 13.7. The zero-order chi connectivity index (χ0) is 19.3. The van der Waals surface area contributed by atoms with Crippen LogP contribution in [0.2, 0.25) is 0 Å². The number of thiophene rings is 1. The molecule has 28 heavy (non-hydrogen) atoms. The normalized spacial score (nSPS) is 14.9. The summed E-state index contributed by atoms with van der Waals surface area (Å²) in [6, 6.07) is 17.7. The highest BCUT2D eigenvalue weighted by Crippen LogP contribution is 2.36. The quantitative estimate of drug-likeness (QED) is 0.468. The molecule has 146 valence electrons. The van der Waals surface area contributed by atoms with Gasteiger partial charge >= 0.3 is 0 Å². The summed E-state index contributed by atoms with van der Waals surface area (Å²) in [6.07, 6.45) is 3.10. The van der Waals surface area contributed by atoms with Crippen LogP contribution in [0.25, 0.3) is 21.6 Å². The van der Waals surface area contributed by atoms with Gasteiger partial charge in [-0.2, -0.15) is 0 Å². The third-order valence-electron chi connectivity index (χ3n) is 5.31. The van der Waals surface area contributed by atoms with E-state index in [1.54, 1.807) is 6.07 Å². The Morgan fingerprint density at radius 2 is 1.75 bits per heavy atom. The molecule has 1 aliphatic rings. The Balaban J connectivity index is 1.46. The second-order valence-electron chi connectivity index (χ2n) is 7.23. The molecule has 0 unspecified atom stereocenters. The molecule has 0 atom stereocenters. The lowest BCUT2D eigenvalue weighted by atomic mass is 10.0. The third kappa shape index (κ3) is 4.45. The van der Waals surface area contributed by atoms with Crippen LogP contribution in [0, 0.1) is 11.7 Å². The summed E-state index contributed by atoms with van der Waals surface area (Å²) in [5.41, 5.74) is 3.85. The Hall–Kier alpha value is -2.17. The van der Waals surface area contributed by atoms with Crippen LogP contribution >= 0.6 is 11.3 Å². The molecule has 4 heteroatoms. The fourth-order valence-corrected chi connectivity index (χ4v) is 4.37. The second kappa shape index (κ2) is 8.89. The summed E-state index contributed by atoms with van der Waals surface area (Å²) in [6.45, 7) is 4.48. The van der Waals surface area contributed by atoms with E-state index >= 15 is 0 Å². The fourth-order valence-electron chi connectivity index (χ4n) is 3.48. The van der Waals surface area contributed by atoms with Crippen molar-refractivity contribution in [1.29, 1.82) is 0 Å². The van der Waals surface area contributed by atoms with Gasteiger partial charge < -0.3 is 9.47 Å². The van der Waals surface area contributed by atoms with Crippen molar-refractivity contribution >= 4 is 11.3 Å². The average molecular weight is 397 g/mol. The second-order valence-corrected chi connectivity index (χ2v) is 8.28. The maximum Gasteiger partial charge on any atom is 0.174 e. The molecule has 0 N–H and O–H groups in total. The first kappa shape index (κ1) is 19.2. The van der Waals surface area contributed by atoms with E-state index in [-0.39, 0.29) is 5.82 Å². The van der Waals surface area contributed by atoms with Gasteiger partial charge in [-0.15, -0.1) is 0 Å². The maximum atomic E-state index is 14.8. The summed E-state index contributed by atoms with van der Waals surface area (Å²) in [5.74, 6) is 0.351. The van der Waals surface area contributed by atoms with E-state index in [9.17, 15) is 4.39 Å². The average Bonchev–Trinajstić information content (AvgIpc) is 3.22. The molecule has 1 aromatic heterocycles. The van der Waals surface area contributed by atoms with Crippen molar-refractivity contribution in [1.82, 2.24) is 0 Å². The minimum Gasteiger partial charge on any atom is -0.484 e. The van der Waals surface area contributed by atoms with Crippen LogP contribution in [0.4, 0.5) is 4.39 Å². The Bertz CT molecular complexity index is 911. The topological polar surface area (TPSA) is 18.5 Å². The molecular weight excluding hydrogens is 371 g/mol. The van der Waals surface area contributed by atoms with Gasteiger partial charge in [0.2, 0.25) is 0 Å². The van der Waals surface area contributed by atoms with E-state index in [1.165, 1.54) is 16.9 Å². The lowest BCUT2D eigenvalue weighted by molar-refractivity contribution is 0.0503. The van der Waals surface area contributed by atoms with Crippen LogP contribution in [0.3, 0.4) is 0 Å². The van der Waals surface area contributed by atoms with Crippen molar-refractivity contribution in [3.05, 3.63) is 66.0 Å². The van der Waals surface area contributed by atoms with E-state index in [1.807, 2.05) is 24.3 Å². The molecule has 0 bridgehead atoms. The third-order valence-corrected chi connectivity index (χ3v) is 6.34. The summed E-state index contributed by atoms with van der Waals surface area (Å²) in [7, 11) is 0. The van der Waals surface area contributed by atoms with Crippen LogP contribution in [-0.2, 0) is 11.2 Å². The highest BCUT2D eigenvalue weighted by atomic mass is 32.1. The lowest BCUT2D eigenvalue weighted by Gasteiger charge is -2.21. The van der Waals surface area contributed by atoms with Gasteiger partial charge in [-0.1, -0.05) is 48.6 Å². The van der Waals surface area contributed by atoms with Gasteiger partial charge in [0.25, 0.3) is 0 Å². The zero-order valence-electron chi connectivity index (χ0n) is 16.1. The highest BCUT2D eigenvalue weighted by molar-refractivity contribution is 7.17. The first-order valence-electron chi connectivity index (χ1n) is 9.92. The largest absolute Gasteiger partial charge is 0.484 e. The number of aryl methyl sites for hydroxylation is 1. The van der Waals surface area contributed by atoms with Gasteiger partial charge in [0, 0.05) is 23.7 Å². The zero-order valence-corrected chi connectivity index (χ0v) is 16.9. The van der Waals surface area contributed by atoms with Crippen molar-refractivity contribution < 1.29 is 13.9 Å². The monoisotopic (exact) mass is 396 g/mol. The van der Waals surface area contributed by atoms with Gasteiger partial charge in [0.1, 0.15) is 5.82 Å². The van der Waals surface area contributed by atoms with Gasteiger partial charge in [-0.25, -0.2) is 4.39 Å². The predicted octanol–water partition coefficient (Wildman–Crippen LogP) is 6.59. The number of halogens is 1. The minimum atomic E-state index is -0.199. The molecule has 2 nitrogen and oxygen atoms in total. The van der Waals surface area contributed by atoms with Crippen LogP contribution in [0.5, 0.6) is 5.06 Å². The molecule has 4 rings (SSSR count). The van der Waals surface area contributed by atoms with Crippen molar-refractivity contribution in [3.8, 4) is 26.6 Å². The molecule has 0 radical (unpaired) electrons. The molecule has 1 fully saturated rings. The number of ether oxygens (including phenoxy) is 2. The van der Waals surface area contributed by atoms with Crippen molar-refractivity contribution in [3.63, 3.8) is 0 Å². The number of rotatable bonds is 6. The Kier molecular flexibility index (Phi) is 6.08. The van der Waals surface area contributed by atoms with Crippen LogP contribution < -0.4 is 4.74 Å². The molecule has 1 aliphatic heterocycles. The van der Waals surface area contributed by atoms with E-state index in [0.717, 1.165) is 53.5 Å². The fraction of sp³-hybridized carbons (Fsp3) is 0.333. The van der Waals surface area contributed by atoms with E-state index < -0.39 is 0 Å². The Labute approximate surface area is 169 Å². The van der Waals surface area contributed by atoms with Gasteiger partial charge in [0.15, 0.2) is 5.06 Å². The minimum absolute atomic E-state index is 0.199. The Morgan fingerprint density at radius 3 is 2.46 bits per heavy atom. The molecule has 3 aromatic rings. The summed E-state index contributed by atoms with van der Waals surface area (Å²) < 4.78 is 26.1. The van der Waals surface area contributed by atoms with Crippen LogP contribution in [0.15, 0.2) is 54.6 Å². The highest BCUT2D eigenvalue weighted by Gasteiger charge is 2.16. The summed E-state index contributed by atoms with van der Waals surface area (Å²) >= 11 is 1.50. The molecular formula is C24H25FO2S. The van der Waals surface area contributed by atoms with E-state index in [0.29, 0.717) is 18.1 Å². The number of hydrogen-bond donors (Lipinski definition) is 0. The van der Waals surface area contributed by atoms with Crippen molar-refractivity contribution in [2.45, 2.75) is 26.2 Å². The van der Waals surface area contributed by atoms with Crippen molar-refractivity contribution in [2.24, 2.45) is 5.92 Å². The molecule has 0 aliphatic carbocycles. The van der Waals surface area contributed by atoms with Gasteiger partial charge in [-0.3, -0.25) is 0 Å². The van der Waals surface area contributed by atoms with E-state index in [2.05, 4.69) is 31.2 Å². The maximum absolute atomic E-state index is 14.8. The van der Waals surface area contributed by atoms with E-state index in [4.69, 9.17) is 9.47 Å². The summed E-state index contributed by atoms with van der Waals surface area (Å²) in [5, 5.41) is 0.847. The summed E-state index contributed by atoms with van der Waals surface area (Å²) in [4.78, 5) is 0.896. The SMILES string of the molecule is CCc1ccc(-c2ccc(-c3ccc(OCC4CCOCC4)s3)c(F)c2)cc1. The van der Waals surface area contributed by atoms with Gasteiger partial charge in [-0.05, 0) is 66.1 Å². The molecule has 0 saturated carbocycles. The molecule has 2 heterocycles. The molecule has 1 saturated heterocycles. The standard InChI is InChI=1S/C24H25FO2S/c1-2-17-3-5-19(6-4-17)20-7-8-21(22(25)15-20)23-9-10-24(28-23)27-16-18-11-13-26-14-12-18/h3-10,15,18H,2,11-14,16H2,1H3. The van der Waals surface area contributed by atoms with Crippen LogP contribution in [0.1, 0.15) is 25.3 Å². The van der Waals surface area contributed by atoms with Crippen LogP contribution in [-0.4, -0.2) is 19.8 Å². The molecule has 0 spiro atoms. The van der Waals surface area contributed by atoms with Gasteiger partial charge in [0.05, 0.1) is 6.61 Å². The number of hydrogen-bond acceptors (Lipinski definition) is 3. The molecule has 0 amide bonds. The lowest BCUT2D eigenvalue weighted by Crippen LogP contribution is -2.21. The predicted molar refractivity (Wildman–Crippen MR) is 114 cm³/mol. The number of benzene rings is 2. The van der Waals surface area contributed by atoms with Crippen molar-refractivity contribution in [2.75, 3.05) is 19.8 Å². The Morgan fingerprint density at radius 1 is 1.00 bits per heavy atom.